The van der Waals surface area contributed by atoms with Gasteiger partial charge in [-0.3, -0.25) is 0 Å². The van der Waals surface area contributed by atoms with Crippen LogP contribution in [0.2, 0.25) is 0 Å². The van der Waals surface area contributed by atoms with E-state index in [-0.39, 0.29) is 17.5 Å². The topological polar surface area (TPSA) is 48.4 Å². The first-order valence-electron chi connectivity index (χ1n) is 6.28. The summed E-state index contributed by atoms with van der Waals surface area (Å²) in [5, 5.41) is 0. The van der Waals surface area contributed by atoms with Gasteiger partial charge in [-0.2, -0.15) is 13.2 Å². The van der Waals surface area contributed by atoms with Crippen LogP contribution in [0.3, 0.4) is 0 Å². The number of aromatic nitrogens is 1. The highest BCUT2D eigenvalue weighted by Crippen LogP contribution is 2.31. The number of hydrogen-bond donors (Lipinski definition) is 0. The minimum absolute atomic E-state index is 0.167. The molecule has 1 unspecified atom stereocenters. The number of nitrogens with zero attached hydrogens (tertiary/aromatic N) is 1. The second-order valence-corrected chi connectivity index (χ2v) is 4.28. The fraction of sp³-hybridized carbons (Fsp3) is 0.429. The molecule has 21 heavy (non-hydrogen) atoms. The molecular formula is C14H16F3NO3. The summed E-state index contributed by atoms with van der Waals surface area (Å²) in [6.45, 7) is 3.55. The molecular weight excluding hydrogens is 287 g/mol. The summed E-state index contributed by atoms with van der Waals surface area (Å²) in [6, 6.07) is 2.04. The van der Waals surface area contributed by atoms with Crippen LogP contribution in [0.1, 0.15) is 31.5 Å². The second kappa shape index (κ2) is 7.10. The lowest BCUT2D eigenvalue weighted by molar-refractivity contribution is -0.141. The Morgan fingerprint density at radius 1 is 1.43 bits per heavy atom. The van der Waals surface area contributed by atoms with E-state index in [1.165, 1.54) is 19.3 Å². The van der Waals surface area contributed by atoms with Gasteiger partial charge in [-0.1, -0.05) is 6.92 Å². The van der Waals surface area contributed by atoms with Crippen molar-refractivity contribution in [3.63, 3.8) is 0 Å². The molecule has 1 atom stereocenters. The van der Waals surface area contributed by atoms with Crippen LogP contribution in [0.5, 0.6) is 5.88 Å². The Morgan fingerprint density at radius 3 is 2.62 bits per heavy atom. The Labute approximate surface area is 120 Å². The Balaban J connectivity index is 3.17. The van der Waals surface area contributed by atoms with Gasteiger partial charge < -0.3 is 9.47 Å². The van der Waals surface area contributed by atoms with Gasteiger partial charge in [0.25, 0.3) is 0 Å². The molecule has 0 fully saturated rings. The highest BCUT2D eigenvalue weighted by Gasteiger charge is 2.33. The molecule has 0 spiro atoms. The van der Waals surface area contributed by atoms with Crippen molar-refractivity contribution in [1.29, 1.82) is 0 Å². The van der Waals surface area contributed by atoms with Gasteiger partial charge in [0.15, 0.2) is 0 Å². The van der Waals surface area contributed by atoms with Crippen LogP contribution in [-0.4, -0.2) is 24.2 Å². The molecule has 0 amide bonds. The molecule has 1 heterocycles. The summed E-state index contributed by atoms with van der Waals surface area (Å²) < 4.78 is 47.8. The summed E-state index contributed by atoms with van der Waals surface area (Å²) in [4.78, 5) is 14.5. The number of alkyl halides is 3. The van der Waals surface area contributed by atoms with Crippen LogP contribution in [0.25, 0.3) is 6.08 Å². The lowest BCUT2D eigenvalue weighted by Crippen LogP contribution is -2.15. The van der Waals surface area contributed by atoms with Crippen molar-refractivity contribution in [2.45, 2.75) is 32.5 Å². The molecule has 0 aliphatic heterocycles. The molecule has 0 radical (unpaired) electrons. The first-order chi connectivity index (χ1) is 9.77. The van der Waals surface area contributed by atoms with Gasteiger partial charge in [0.05, 0.1) is 13.2 Å². The Bertz CT molecular complexity index is 527. The van der Waals surface area contributed by atoms with Crippen molar-refractivity contribution >= 4 is 12.0 Å². The van der Waals surface area contributed by atoms with Crippen molar-refractivity contribution < 1.29 is 27.4 Å². The van der Waals surface area contributed by atoms with Crippen LogP contribution in [0.4, 0.5) is 13.2 Å². The lowest BCUT2D eigenvalue weighted by atomic mass is 10.2. The summed E-state index contributed by atoms with van der Waals surface area (Å²) in [6.07, 6.45) is -1.85. The Hall–Kier alpha value is -2.05. The second-order valence-electron chi connectivity index (χ2n) is 4.28. The van der Waals surface area contributed by atoms with E-state index in [9.17, 15) is 18.0 Å². The molecule has 1 aromatic rings. The van der Waals surface area contributed by atoms with E-state index in [0.717, 1.165) is 12.1 Å². The van der Waals surface area contributed by atoms with Crippen molar-refractivity contribution in [2.24, 2.45) is 0 Å². The smallest absolute Gasteiger partial charge is 0.433 e. The van der Waals surface area contributed by atoms with E-state index in [0.29, 0.717) is 6.42 Å². The molecule has 0 N–H and O–H groups in total. The zero-order chi connectivity index (χ0) is 16.0. The van der Waals surface area contributed by atoms with Gasteiger partial charge >= 0.3 is 12.1 Å². The van der Waals surface area contributed by atoms with Crippen molar-refractivity contribution in [2.75, 3.05) is 7.11 Å². The molecule has 1 aromatic heterocycles. The van der Waals surface area contributed by atoms with Gasteiger partial charge in [0, 0.05) is 11.6 Å². The maximum absolute atomic E-state index is 12.7. The molecule has 116 valence electrons. The van der Waals surface area contributed by atoms with Crippen LogP contribution >= 0.6 is 0 Å². The number of carbonyl (C=O) groups is 1. The number of halogens is 3. The molecule has 1 rings (SSSR count). The standard InChI is InChI=1S/C14H16F3NO3/c1-4-9(2)21-13-10(6-8-12(19)20-3)5-7-11(18-13)14(15,16)17/h5-9H,4H2,1-3H3. The van der Waals surface area contributed by atoms with Gasteiger partial charge in [0.1, 0.15) is 5.69 Å². The highest BCUT2D eigenvalue weighted by molar-refractivity contribution is 5.87. The number of pyridine rings is 1. The third-order valence-corrected chi connectivity index (χ3v) is 2.67. The first-order valence-corrected chi connectivity index (χ1v) is 6.28. The largest absolute Gasteiger partial charge is 0.474 e. The van der Waals surface area contributed by atoms with Gasteiger partial charge in [-0.05, 0) is 31.6 Å². The van der Waals surface area contributed by atoms with Crippen LogP contribution in [-0.2, 0) is 15.7 Å². The Kier molecular flexibility index (Phi) is 5.75. The summed E-state index contributed by atoms with van der Waals surface area (Å²) >= 11 is 0. The maximum Gasteiger partial charge on any atom is 0.433 e. The van der Waals surface area contributed by atoms with E-state index in [4.69, 9.17) is 4.74 Å². The van der Waals surface area contributed by atoms with E-state index >= 15 is 0 Å². The average molecular weight is 303 g/mol. The number of methoxy groups -OCH3 is 1. The molecule has 7 heteroatoms. The van der Waals surface area contributed by atoms with Gasteiger partial charge in [-0.15, -0.1) is 0 Å². The van der Waals surface area contributed by atoms with E-state index in [1.54, 1.807) is 6.92 Å². The molecule has 0 aliphatic carbocycles. The monoisotopic (exact) mass is 303 g/mol. The third-order valence-electron chi connectivity index (χ3n) is 2.67. The molecule has 0 aliphatic rings. The number of hydrogen-bond acceptors (Lipinski definition) is 4. The van der Waals surface area contributed by atoms with Gasteiger partial charge in [0.2, 0.25) is 5.88 Å². The number of esters is 1. The molecule has 0 aromatic carbocycles. The highest BCUT2D eigenvalue weighted by atomic mass is 19.4. The van der Waals surface area contributed by atoms with Crippen molar-refractivity contribution in [1.82, 2.24) is 4.98 Å². The summed E-state index contributed by atoms with van der Waals surface area (Å²) in [5.41, 5.74) is -0.773. The normalized spacial score (nSPS) is 13.2. The van der Waals surface area contributed by atoms with Crippen molar-refractivity contribution in [3.05, 3.63) is 29.5 Å². The minimum atomic E-state index is -4.56. The number of carbonyl (C=O) groups excluding carboxylic acids is 1. The quantitative estimate of drug-likeness (QED) is 0.617. The van der Waals surface area contributed by atoms with Crippen LogP contribution < -0.4 is 4.74 Å². The fourth-order valence-corrected chi connectivity index (χ4v) is 1.33. The lowest BCUT2D eigenvalue weighted by Gasteiger charge is -2.15. The molecule has 0 bridgehead atoms. The molecule has 4 nitrogen and oxygen atoms in total. The SMILES string of the molecule is CCC(C)Oc1nc(C(F)(F)F)ccc1C=CC(=O)OC. The maximum atomic E-state index is 12.7. The number of rotatable bonds is 5. The van der Waals surface area contributed by atoms with Crippen molar-refractivity contribution in [3.8, 4) is 5.88 Å². The molecule has 0 saturated carbocycles. The minimum Gasteiger partial charge on any atom is -0.474 e. The van der Waals surface area contributed by atoms with E-state index in [1.807, 2.05) is 6.92 Å². The third kappa shape index (κ3) is 5.09. The van der Waals surface area contributed by atoms with Crippen LogP contribution in [0.15, 0.2) is 18.2 Å². The predicted octanol–water partition coefficient (Wildman–Crippen LogP) is 3.46. The predicted molar refractivity (Wildman–Crippen MR) is 70.7 cm³/mol. The zero-order valence-corrected chi connectivity index (χ0v) is 11.9. The number of ether oxygens (including phenoxy) is 2. The molecule has 0 saturated heterocycles. The zero-order valence-electron chi connectivity index (χ0n) is 11.9. The van der Waals surface area contributed by atoms with Gasteiger partial charge in [-0.25, -0.2) is 9.78 Å². The fourth-order valence-electron chi connectivity index (χ4n) is 1.33. The Morgan fingerprint density at radius 2 is 2.10 bits per heavy atom. The summed E-state index contributed by atoms with van der Waals surface area (Å²) in [5.74, 6) is -0.788. The van der Waals surface area contributed by atoms with E-state index in [2.05, 4.69) is 9.72 Å². The van der Waals surface area contributed by atoms with E-state index < -0.39 is 17.8 Å². The summed E-state index contributed by atoms with van der Waals surface area (Å²) in [7, 11) is 1.20. The first kappa shape index (κ1) is 17.0. The average Bonchev–Trinajstić information content (AvgIpc) is 2.44. The van der Waals surface area contributed by atoms with Crippen LogP contribution in [0, 0.1) is 0 Å².